The third-order valence-electron chi connectivity index (χ3n) is 1.68. The number of benzene rings is 1. The van der Waals surface area contributed by atoms with E-state index in [-0.39, 0.29) is 0 Å². The number of rotatable bonds is 2. The lowest BCUT2D eigenvalue weighted by Crippen LogP contribution is -2.15. The molecule has 0 N–H and O–H groups in total. The average Bonchev–Trinajstić information content (AvgIpc) is 2.01. The van der Waals surface area contributed by atoms with Gasteiger partial charge in [-0.05, 0) is 31.5 Å². The van der Waals surface area contributed by atoms with E-state index in [9.17, 15) is 4.39 Å². The van der Waals surface area contributed by atoms with Gasteiger partial charge in [-0.1, -0.05) is 12.1 Å². The van der Waals surface area contributed by atoms with E-state index < -0.39 is 5.67 Å². The monoisotopic (exact) mass is 177 g/mol. The van der Waals surface area contributed by atoms with Crippen LogP contribution >= 0.6 is 0 Å². The van der Waals surface area contributed by atoms with Gasteiger partial charge in [-0.25, -0.2) is 4.39 Å². The predicted molar refractivity (Wildman–Crippen MR) is 50.0 cm³/mol. The Hall–Kier alpha value is -1.36. The zero-order valence-electron chi connectivity index (χ0n) is 7.84. The van der Waals surface area contributed by atoms with Gasteiger partial charge in [0.25, 0.3) is 0 Å². The van der Waals surface area contributed by atoms with E-state index in [0.29, 0.717) is 12.0 Å². The molecule has 0 atom stereocenters. The van der Waals surface area contributed by atoms with E-state index in [1.165, 1.54) is 13.8 Å². The second-order valence-electron chi connectivity index (χ2n) is 3.71. The number of hydrogen-bond acceptors (Lipinski definition) is 1. The summed E-state index contributed by atoms with van der Waals surface area (Å²) >= 11 is 0. The molecule has 0 fully saturated rings. The molecule has 2 heteroatoms. The van der Waals surface area contributed by atoms with Crippen LogP contribution in [0.5, 0.6) is 0 Å². The molecule has 0 saturated heterocycles. The minimum atomic E-state index is -1.21. The third kappa shape index (κ3) is 3.25. The molecule has 0 bridgehead atoms. The van der Waals surface area contributed by atoms with Crippen LogP contribution in [0.4, 0.5) is 4.39 Å². The Morgan fingerprint density at radius 1 is 1.46 bits per heavy atom. The van der Waals surface area contributed by atoms with Crippen LogP contribution in [0, 0.1) is 11.3 Å². The molecule has 0 aromatic heterocycles. The first-order chi connectivity index (χ1) is 6.01. The maximum Gasteiger partial charge on any atom is 0.109 e. The van der Waals surface area contributed by atoms with Gasteiger partial charge in [-0.15, -0.1) is 0 Å². The van der Waals surface area contributed by atoms with Crippen molar-refractivity contribution in [3.63, 3.8) is 0 Å². The van der Waals surface area contributed by atoms with Crippen molar-refractivity contribution in [1.82, 2.24) is 0 Å². The summed E-state index contributed by atoms with van der Waals surface area (Å²) < 4.78 is 13.2. The Labute approximate surface area is 77.8 Å². The quantitative estimate of drug-likeness (QED) is 0.681. The fourth-order valence-electron chi connectivity index (χ4n) is 1.24. The molecule has 0 aliphatic rings. The fraction of sp³-hybridized carbons (Fsp3) is 0.364. The summed E-state index contributed by atoms with van der Waals surface area (Å²) in [5.74, 6) is 0. The summed E-state index contributed by atoms with van der Waals surface area (Å²) in [6.07, 6.45) is 0.350. The molecule has 0 saturated carbocycles. The van der Waals surface area contributed by atoms with Crippen molar-refractivity contribution in [2.45, 2.75) is 25.9 Å². The molecular weight excluding hydrogens is 165 g/mol. The normalized spacial score (nSPS) is 10.9. The molecule has 1 aromatic carbocycles. The average molecular weight is 177 g/mol. The summed E-state index contributed by atoms with van der Waals surface area (Å²) in [4.78, 5) is 0. The second-order valence-corrected chi connectivity index (χ2v) is 3.71. The summed E-state index contributed by atoms with van der Waals surface area (Å²) in [5, 5.41) is 8.62. The first kappa shape index (κ1) is 9.73. The van der Waals surface area contributed by atoms with Crippen molar-refractivity contribution in [3.05, 3.63) is 35.4 Å². The number of hydrogen-bond donors (Lipinski definition) is 0. The van der Waals surface area contributed by atoms with Crippen molar-refractivity contribution in [1.29, 1.82) is 5.26 Å². The van der Waals surface area contributed by atoms with Crippen molar-refractivity contribution in [2.24, 2.45) is 0 Å². The first-order valence-electron chi connectivity index (χ1n) is 4.19. The van der Waals surface area contributed by atoms with Crippen LogP contribution in [0.2, 0.25) is 0 Å². The van der Waals surface area contributed by atoms with Gasteiger partial charge in [0.15, 0.2) is 0 Å². The van der Waals surface area contributed by atoms with Crippen molar-refractivity contribution in [2.75, 3.05) is 0 Å². The molecule has 0 spiro atoms. The van der Waals surface area contributed by atoms with Gasteiger partial charge >= 0.3 is 0 Å². The molecule has 1 aromatic rings. The van der Waals surface area contributed by atoms with Crippen molar-refractivity contribution >= 4 is 0 Å². The van der Waals surface area contributed by atoms with Crippen LogP contribution in [0.3, 0.4) is 0 Å². The lowest BCUT2D eigenvalue weighted by molar-refractivity contribution is 0.217. The number of nitriles is 1. The van der Waals surface area contributed by atoms with E-state index in [1.807, 2.05) is 12.1 Å². The fourth-order valence-corrected chi connectivity index (χ4v) is 1.24. The van der Waals surface area contributed by atoms with Crippen LogP contribution in [0.1, 0.15) is 25.0 Å². The summed E-state index contributed by atoms with van der Waals surface area (Å²) in [5.41, 5.74) is 0.238. The van der Waals surface area contributed by atoms with Gasteiger partial charge in [0.1, 0.15) is 5.67 Å². The SMILES string of the molecule is CC(C)(F)Cc1cccc(C#N)c1. The summed E-state index contributed by atoms with van der Waals surface area (Å²) in [7, 11) is 0. The largest absolute Gasteiger partial charge is 0.244 e. The highest BCUT2D eigenvalue weighted by Gasteiger charge is 2.15. The van der Waals surface area contributed by atoms with Gasteiger partial charge in [0, 0.05) is 6.42 Å². The standard InChI is InChI=1S/C11H12FN/c1-11(2,12)7-9-4-3-5-10(6-9)8-13/h3-6H,7H2,1-2H3. The van der Waals surface area contributed by atoms with Crippen molar-refractivity contribution in [3.8, 4) is 6.07 Å². The molecule has 13 heavy (non-hydrogen) atoms. The van der Waals surface area contributed by atoms with E-state index in [2.05, 4.69) is 0 Å². The molecular formula is C11H12FN. The molecule has 1 nitrogen and oxygen atoms in total. The molecule has 0 radical (unpaired) electrons. The lowest BCUT2D eigenvalue weighted by Gasteiger charge is -2.13. The molecule has 0 amide bonds. The first-order valence-corrected chi connectivity index (χ1v) is 4.19. The Kier molecular flexibility index (Phi) is 2.67. The Balaban J connectivity index is 2.86. The van der Waals surface area contributed by atoms with Gasteiger partial charge < -0.3 is 0 Å². The van der Waals surface area contributed by atoms with E-state index in [0.717, 1.165) is 5.56 Å². The Bertz CT molecular complexity index is 331. The smallest absolute Gasteiger partial charge is 0.109 e. The minimum absolute atomic E-state index is 0.350. The molecule has 1 rings (SSSR count). The maximum atomic E-state index is 13.2. The molecule has 0 heterocycles. The van der Waals surface area contributed by atoms with Crippen LogP contribution in [-0.4, -0.2) is 5.67 Å². The van der Waals surface area contributed by atoms with Gasteiger partial charge in [0.2, 0.25) is 0 Å². The maximum absolute atomic E-state index is 13.2. The van der Waals surface area contributed by atoms with E-state index >= 15 is 0 Å². The topological polar surface area (TPSA) is 23.8 Å². The van der Waals surface area contributed by atoms with Crippen LogP contribution in [0.15, 0.2) is 24.3 Å². The van der Waals surface area contributed by atoms with Crippen molar-refractivity contribution < 1.29 is 4.39 Å². The second kappa shape index (κ2) is 3.57. The minimum Gasteiger partial charge on any atom is -0.244 e. The summed E-state index contributed by atoms with van der Waals surface area (Å²) in [6, 6.07) is 9.08. The zero-order chi connectivity index (χ0) is 9.90. The van der Waals surface area contributed by atoms with Crippen LogP contribution in [0.25, 0.3) is 0 Å². The number of alkyl halides is 1. The zero-order valence-corrected chi connectivity index (χ0v) is 7.84. The summed E-state index contributed by atoms with van der Waals surface area (Å²) in [6.45, 7) is 3.07. The molecule has 0 aliphatic heterocycles. The van der Waals surface area contributed by atoms with E-state index in [4.69, 9.17) is 5.26 Å². The molecule has 0 aliphatic carbocycles. The number of nitrogens with zero attached hydrogens (tertiary/aromatic N) is 1. The van der Waals surface area contributed by atoms with Crippen LogP contribution < -0.4 is 0 Å². The number of halogens is 1. The van der Waals surface area contributed by atoms with Crippen LogP contribution in [-0.2, 0) is 6.42 Å². The van der Waals surface area contributed by atoms with Gasteiger partial charge in [-0.2, -0.15) is 5.26 Å². The van der Waals surface area contributed by atoms with Gasteiger partial charge in [0.05, 0.1) is 11.6 Å². The highest BCUT2D eigenvalue weighted by Crippen LogP contribution is 2.17. The highest BCUT2D eigenvalue weighted by molar-refractivity contribution is 5.33. The molecule has 68 valence electrons. The predicted octanol–water partition coefficient (Wildman–Crippen LogP) is 2.85. The lowest BCUT2D eigenvalue weighted by atomic mass is 9.99. The Morgan fingerprint density at radius 3 is 2.69 bits per heavy atom. The Morgan fingerprint density at radius 2 is 2.15 bits per heavy atom. The van der Waals surface area contributed by atoms with E-state index in [1.54, 1.807) is 18.2 Å². The van der Waals surface area contributed by atoms with Gasteiger partial charge in [-0.3, -0.25) is 0 Å². The third-order valence-corrected chi connectivity index (χ3v) is 1.68. The highest BCUT2D eigenvalue weighted by atomic mass is 19.1. The molecule has 0 unspecified atom stereocenters.